The number of nitrogen functional groups attached to an aromatic ring is 1. The van der Waals surface area contributed by atoms with Crippen LogP contribution in [0, 0.1) is 12.8 Å². The lowest BCUT2D eigenvalue weighted by atomic mass is 9.82. The molecule has 44 heavy (non-hydrogen) atoms. The minimum atomic E-state index is -3.78. The van der Waals surface area contributed by atoms with Crippen molar-refractivity contribution in [2.45, 2.75) is 43.4 Å². The molecule has 7 rings (SSSR count). The van der Waals surface area contributed by atoms with Crippen molar-refractivity contribution in [3.63, 3.8) is 0 Å². The first-order valence-corrected chi connectivity index (χ1v) is 16.3. The van der Waals surface area contributed by atoms with Crippen molar-refractivity contribution in [3.8, 4) is 22.5 Å². The molecule has 1 aliphatic rings. The maximum Gasteiger partial charge on any atom is 0.296 e. The van der Waals surface area contributed by atoms with Crippen LogP contribution in [0.3, 0.4) is 0 Å². The molecule has 3 heterocycles. The van der Waals surface area contributed by atoms with Gasteiger partial charge in [-0.1, -0.05) is 66.2 Å². The molecule has 6 aromatic rings. The summed E-state index contributed by atoms with van der Waals surface area (Å²) >= 11 is 0. The summed E-state index contributed by atoms with van der Waals surface area (Å²) in [6, 6.07) is 27.2. The Morgan fingerprint density at radius 1 is 0.886 bits per heavy atom. The van der Waals surface area contributed by atoms with Gasteiger partial charge in [0, 0.05) is 34.8 Å². The number of imidazole rings is 1. The van der Waals surface area contributed by atoms with Crippen LogP contribution >= 0.6 is 0 Å². The van der Waals surface area contributed by atoms with E-state index in [4.69, 9.17) is 19.9 Å². The number of rotatable bonds is 7. The molecular formula is C35H33N5O3S. The number of aryl methyl sites for hydroxylation is 1. The molecule has 0 bridgehead atoms. The van der Waals surface area contributed by atoms with Gasteiger partial charge in [0.05, 0.1) is 22.7 Å². The second-order valence-electron chi connectivity index (χ2n) is 11.6. The van der Waals surface area contributed by atoms with Crippen LogP contribution in [0.4, 0.5) is 5.82 Å². The van der Waals surface area contributed by atoms with Crippen LogP contribution in [0.1, 0.15) is 43.0 Å². The van der Waals surface area contributed by atoms with Crippen molar-refractivity contribution in [2.75, 3.05) is 12.3 Å². The summed E-state index contributed by atoms with van der Waals surface area (Å²) in [4.78, 5) is 14.7. The molecule has 0 saturated heterocycles. The fourth-order valence-electron chi connectivity index (χ4n) is 6.16. The minimum absolute atomic E-state index is 0.161. The quantitative estimate of drug-likeness (QED) is 0.192. The molecule has 1 fully saturated rings. The Bertz CT molecular complexity index is 2070. The topological polar surface area (TPSA) is 112 Å². The van der Waals surface area contributed by atoms with Gasteiger partial charge in [-0.25, -0.2) is 15.0 Å². The zero-order chi connectivity index (χ0) is 30.3. The summed E-state index contributed by atoms with van der Waals surface area (Å²) in [5.74, 6) is 1.73. The van der Waals surface area contributed by atoms with Crippen LogP contribution in [0.5, 0.6) is 0 Å². The van der Waals surface area contributed by atoms with E-state index in [0.29, 0.717) is 5.82 Å². The zero-order valence-electron chi connectivity index (χ0n) is 24.4. The van der Waals surface area contributed by atoms with Crippen LogP contribution in [0.15, 0.2) is 102 Å². The lowest BCUT2D eigenvalue weighted by molar-refractivity contribution is 0.203. The third-order valence-corrected chi connectivity index (χ3v) is 9.92. The smallest absolute Gasteiger partial charge is 0.296 e. The summed E-state index contributed by atoms with van der Waals surface area (Å²) in [5, 5.41) is 1.05. The van der Waals surface area contributed by atoms with E-state index in [9.17, 15) is 8.42 Å². The monoisotopic (exact) mass is 603 g/mol. The van der Waals surface area contributed by atoms with Crippen molar-refractivity contribution < 1.29 is 12.6 Å². The van der Waals surface area contributed by atoms with Gasteiger partial charge in [0.2, 0.25) is 0 Å². The van der Waals surface area contributed by atoms with E-state index in [1.54, 1.807) is 30.5 Å². The third kappa shape index (κ3) is 5.44. The predicted molar refractivity (Wildman–Crippen MR) is 173 cm³/mol. The molecule has 1 saturated carbocycles. The van der Waals surface area contributed by atoms with Gasteiger partial charge in [0.25, 0.3) is 10.1 Å². The number of aromatic nitrogens is 4. The minimum Gasteiger partial charge on any atom is -0.382 e. The van der Waals surface area contributed by atoms with Gasteiger partial charge >= 0.3 is 0 Å². The Labute approximate surface area is 256 Å². The fourth-order valence-corrected chi connectivity index (χ4v) is 7.13. The molecule has 0 aliphatic heterocycles. The summed E-state index contributed by atoms with van der Waals surface area (Å²) in [6.07, 6.45) is 7.08. The molecule has 3 aromatic carbocycles. The molecular weight excluding hydrogens is 570 g/mol. The van der Waals surface area contributed by atoms with Crippen molar-refractivity contribution in [2.24, 2.45) is 5.92 Å². The van der Waals surface area contributed by atoms with Crippen LogP contribution in [0.25, 0.3) is 38.9 Å². The SMILES string of the molecule is Cc1ccc(S(=O)(=O)OC[C@H]2CC[C@H](c3nc(-c4ccc5ccc(-c6ccccc6)nc5c4)c4c(N)nccn43)CC2)cc1. The van der Waals surface area contributed by atoms with Crippen molar-refractivity contribution in [1.82, 2.24) is 19.4 Å². The number of fused-ring (bicyclic) bond motifs is 2. The van der Waals surface area contributed by atoms with E-state index in [1.165, 1.54) is 0 Å². The molecule has 0 atom stereocenters. The molecule has 3 aromatic heterocycles. The Balaban J connectivity index is 1.13. The summed E-state index contributed by atoms with van der Waals surface area (Å²) < 4.78 is 32.9. The van der Waals surface area contributed by atoms with Crippen molar-refractivity contribution >= 4 is 32.4 Å². The molecule has 0 radical (unpaired) electrons. The van der Waals surface area contributed by atoms with Gasteiger partial charge in [-0.3, -0.25) is 8.58 Å². The Morgan fingerprint density at radius 2 is 1.64 bits per heavy atom. The fraction of sp³-hybridized carbons (Fsp3) is 0.229. The number of hydrogen-bond acceptors (Lipinski definition) is 7. The number of nitrogens with two attached hydrogens (primary N) is 1. The first kappa shape index (κ1) is 28.2. The number of hydrogen-bond donors (Lipinski definition) is 1. The van der Waals surface area contributed by atoms with Gasteiger partial charge in [0.1, 0.15) is 22.9 Å². The maximum atomic E-state index is 12.7. The van der Waals surface area contributed by atoms with E-state index in [1.807, 2.05) is 37.4 Å². The highest BCUT2D eigenvalue weighted by molar-refractivity contribution is 7.86. The third-order valence-electron chi connectivity index (χ3n) is 8.63. The van der Waals surface area contributed by atoms with Crippen molar-refractivity contribution in [1.29, 1.82) is 0 Å². The standard InChI is InChI=1S/C35H33N5O3S/c1-23-7-16-29(17-8-23)44(41,42)43-22-24-9-11-27(12-10-24)35-39-32(33-34(36)37-19-20-40(33)35)28-14-13-26-15-18-30(38-31(26)21-28)25-5-3-2-4-6-25/h2-8,13-21,24,27H,9-12,22H2,1H3,(H2,36,37)/t24-,27-. The molecule has 0 spiro atoms. The lowest BCUT2D eigenvalue weighted by Gasteiger charge is -2.27. The van der Waals surface area contributed by atoms with Crippen LogP contribution in [-0.2, 0) is 14.3 Å². The molecule has 9 heteroatoms. The normalized spacial score (nSPS) is 17.3. The first-order valence-electron chi connectivity index (χ1n) is 14.9. The second kappa shape index (κ2) is 11.5. The largest absolute Gasteiger partial charge is 0.382 e. The Hall–Kier alpha value is -4.60. The van der Waals surface area contributed by atoms with Crippen molar-refractivity contribution in [3.05, 3.63) is 109 Å². The molecule has 222 valence electrons. The van der Waals surface area contributed by atoms with Gasteiger partial charge in [-0.2, -0.15) is 8.42 Å². The van der Waals surface area contributed by atoms with Crippen LogP contribution in [0.2, 0.25) is 0 Å². The zero-order valence-corrected chi connectivity index (χ0v) is 25.2. The number of benzene rings is 3. The van der Waals surface area contributed by atoms with Gasteiger partial charge in [-0.15, -0.1) is 0 Å². The summed E-state index contributed by atoms with van der Waals surface area (Å²) in [6.45, 7) is 2.11. The number of anilines is 1. The molecule has 0 unspecified atom stereocenters. The van der Waals surface area contributed by atoms with E-state index in [0.717, 1.165) is 76.0 Å². The van der Waals surface area contributed by atoms with Gasteiger partial charge < -0.3 is 5.73 Å². The molecule has 8 nitrogen and oxygen atoms in total. The number of pyridine rings is 1. The lowest BCUT2D eigenvalue weighted by Crippen LogP contribution is -2.21. The van der Waals surface area contributed by atoms with E-state index < -0.39 is 10.1 Å². The molecule has 2 N–H and O–H groups in total. The predicted octanol–water partition coefficient (Wildman–Crippen LogP) is 7.18. The van der Waals surface area contributed by atoms with Crippen LogP contribution in [-0.4, -0.2) is 34.4 Å². The molecule has 1 aliphatic carbocycles. The average molecular weight is 604 g/mol. The van der Waals surface area contributed by atoms with E-state index in [-0.39, 0.29) is 23.3 Å². The first-order chi connectivity index (χ1) is 21.4. The Kier molecular flexibility index (Phi) is 7.35. The highest BCUT2D eigenvalue weighted by Gasteiger charge is 2.29. The van der Waals surface area contributed by atoms with E-state index >= 15 is 0 Å². The highest BCUT2D eigenvalue weighted by Crippen LogP contribution is 2.39. The highest BCUT2D eigenvalue weighted by atomic mass is 32.2. The summed E-state index contributed by atoms with van der Waals surface area (Å²) in [5.41, 5.74) is 12.8. The van der Waals surface area contributed by atoms with Crippen LogP contribution < -0.4 is 5.73 Å². The maximum absolute atomic E-state index is 12.7. The number of nitrogens with zero attached hydrogens (tertiary/aromatic N) is 4. The van der Waals surface area contributed by atoms with Gasteiger partial charge in [0.15, 0.2) is 0 Å². The molecule has 0 amide bonds. The van der Waals surface area contributed by atoms with E-state index in [2.05, 4.69) is 45.8 Å². The Morgan fingerprint density at radius 3 is 2.41 bits per heavy atom. The van der Waals surface area contributed by atoms with Gasteiger partial charge in [-0.05, 0) is 62.8 Å². The summed E-state index contributed by atoms with van der Waals surface area (Å²) in [7, 11) is -3.78. The second-order valence-corrected chi connectivity index (χ2v) is 13.2. The average Bonchev–Trinajstić information content (AvgIpc) is 3.45.